The van der Waals surface area contributed by atoms with Crippen LogP contribution >= 0.6 is 6.60 Å². The van der Waals surface area contributed by atoms with Crippen LogP contribution in [0.3, 0.4) is 0 Å². The average molecular weight is 343 g/mol. The van der Waals surface area contributed by atoms with Crippen molar-refractivity contribution in [3.8, 4) is 0 Å². The number of hydrogen-bond acceptors (Lipinski definition) is 0. The molecule has 1 heteroatoms. The van der Waals surface area contributed by atoms with E-state index in [-0.39, 0.29) is 0 Å². The van der Waals surface area contributed by atoms with E-state index in [2.05, 4.69) is 40.1 Å². The molecule has 0 aliphatic heterocycles. The van der Waals surface area contributed by atoms with E-state index in [0.29, 0.717) is 0 Å². The van der Waals surface area contributed by atoms with Crippen LogP contribution in [0.25, 0.3) is 0 Å². The van der Waals surface area contributed by atoms with E-state index in [9.17, 15) is 0 Å². The second-order valence-electron chi connectivity index (χ2n) is 8.43. The molecule has 0 amide bonds. The van der Waals surface area contributed by atoms with Crippen molar-refractivity contribution in [2.75, 3.05) is 31.3 Å². The fraction of sp³-hybridized carbons (Fsp3) is 0.909. The summed E-state index contributed by atoms with van der Waals surface area (Å²) in [7, 11) is 0. The van der Waals surface area contributed by atoms with E-state index >= 15 is 0 Å². The van der Waals surface area contributed by atoms with E-state index in [1.165, 1.54) is 102 Å². The topological polar surface area (TPSA) is 0 Å². The summed E-state index contributed by atoms with van der Waals surface area (Å²) >= 11 is 0. The standard InChI is InChI=1S/C22H47P/c1-6-10-13-14-15-16-17-18-22-23(5,19-9-4,20-11-7-2)21-12-8-3/h9H,4,6-8,10-22H2,1-3,5H3. The maximum absolute atomic E-state index is 4.13. The van der Waals surface area contributed by atoms with E-state index in [4.69, 9.17) is 0 Å². The molecule has 0 fully saturated rings. The maximum atomic E-state index is 4.13. The third-order valence-electron chi connectivity index (χ3n) is 5.83. The molecule has 0 saturated heterocycles. The van der Waals surface area contributed by atoms with Crippen molar-refractivity contribution in [2.45, 2.75) is 97.8 Å². The van der Waals surface area contributed by atoms with Gasteiger partial charge in [0.15, 0.2) is 0 Å². The SMILES string of the molecule is C=CCP(C)(CCCC)(CCCC)CCCCCCCCCC. The molecule has 0 aliphatic carbocycles. The van der Waals surface area contributed by atoms with Gasteiger partial charge in [-0.05, 0) is 0 Å². The summed E-state index contributed by atoms with van der Waals surface area (Å²) in [5, 5.41) is 0. The molecule has 0 atom stereocenters. The van der Waals surface area contributed by atoms with Gasteiger partial charge in [-0.3, -0.25) is 0 Å². The molecular formula is C22H47P. The third-order valence-corrected chi connectivity index (χ3v) is 12.4. The predicted octanol–water partition coefficient (Wildman–Crippen LogP) is 8.10. The van der Waals surface area contributed by atoms with Crippen molar-refractivity contribution < 1.29 is 0 Å². The Kier molecular flexibility index (Phi) is 13.6. The molecule has 0 aliphatic rings. The van der Waals surface area contributed by atoms with Crippen molar-refractivity contribution >= 4 is 6.60 Å². The van der Waals surface area contributed by atoms with Crippen LogP contribution in [0, 0.1) is 0 Å². The zero-order valence-electron chi connectivity index (χ0n) is 17.0. The number of rotatable bonds is 17. The number of allylic oxidation sites excluding steroid dienone is 1. The summed E-state index contributed by atoms with van der Waals surface area (Å²) in [4.78, 5) is 0. The number of unbranched alkanes of at least 4 members (excludes halogenated alkanes) is 9. The van der Waals surface area contributed by atoms with Gasteiger partial charge in [-0.1, -0.05) is 0 Å². The summed E-state index contributed by atoms with van der Waals surface area (Å²) in [5.74, 6) is 0. The molecule has 140 valence electrons. The van der Waals surface area contributed by atoms with Gasteiger partial charge in [0.25, 0.3) is 0 Å². The first-order valence-electron chi connectivity index (χ1n) is 10.6. The minimum atomic E-state index is -1.52. The summed E-state index contributed by atoms with van der Waals surface area (Å²) in [5.41, 5.74) is 0. The van der Waals surface area contributed by atoms with Crippen LogP contribution in [0.15, 0.2) is 12.7 Å². The predicted molar refractivity (Wildman–Crippen MR) is 115 cm³/mol. The first-order chi connectivity index (χ1) is 11.0. The molecule has 0 spiro atoms. The van der Waals surface area contributed by atoms with Gasteiger partial charge in [-0.15, -0.1) is 0 Å². The molecule has 23 heavy (non-hydrogen) atoms. The summed E-state index contributed by atoms with van der Waals surface area (Å²) in [6, 6.07) is 0. The van der Waals surface area contributed by atoms with E-state index in [0.717, 1.165) is 0 Å². The molecule has 0 N–H and O–H groups in total. The van der Waals surface area contributed by atoms with Crippen LogP contribution in [0.1, 0.15) is 97.8 Å². The van der Waals surface area contributed by atoms with E-state index < -0.39 is 6.60 Å². The minimum absolute atomic E-state index is 1.34. The second-order valence-corrected chi connectivity index (χ2v) is 15.4. The third kappa shape index (κ3) is 10.6. The van der Waals surface area contributed by atoms with E-state index in [1.807, 2.05) is 0 Å². The van der Waals surface area contributed by atoms with Crippen molar-refractivity contribution in [3.63, 3.8) is 0 Å². The number of hydrogen-bond donors (Lipinski definition) is 0. The van der Waals surface area contributed by atoms with Gasteiger partial charge >= 0.3 is 148 Å². The zero-order valence-corrected chi connectivity index (χ0v) is 17.9. The van der Waals surface area contributed by atoms with Crippen molar-refractivity contribution in [3.05, 3.63) is 12.7 Å². The van der Waals surface area contributed by atoms with Gasteiger partial charge < -0.3 is 0 Å². The molecule has 0 bridgehead atoms. The van der Waals surface area contributed by atoms with Crippen molar-refractivity contribution in [2.24, 2.45) is 0 Å². The van der Waals surface area contributed by atoms with Crippen LogP contribution in [-0.2, 0) is 0 Å². The Labute approximate surface area is 148 Å². The zero-order chi connectivity index (χ0) is 17.5. The van der Waals surface area contributed by atoms with Crippen LogP contribution < -0.4 is 0 Å². The Morgan fingerprint density at radius 1 is 0.609 bits per heavy atom. The van der Waals surface area contributed by atoms with Gasteiger partial charge in [0.2, 0.25) is 0 Å². The van der Waals surface area contributed by atoms with Crippen LogP contribution in [-0.4, -0.2) is 31.3 Å². The van der Waals surface area contributed by atoms with Crippen LogP contribution in [0.4, 0.5) is 0 Å². The molecule has 0 nitrogen and oxygen atoms in total. The first kappa shape index (κ1) is 23.2. The molecule has 0 rings (SSSR count). The summed E-state index contributed by atoms with van der Waals surface area (Å²) in [6.45, 7) is 12.3. The molecular weight excluding hydrogens is 295 g/mol. The molecule has 0 heterocycles. The van der Waals surface area contributed by atoms with Gasteiger partial charge in [0.1, 0.15) is 0 Å². The Bertz CT molecular complexity index is 274. The quantitative estimate of drug-likeness (QED) is 0.142. The Morgan fingerprint density at radius 2 is 1.00 bits per heavy atom. The fourth-order valence-electron chi connectivity index (χ4n) is 4.05. The molecule has 0 aromatic heterocycles. The second kappa shape index (κ2) is 13.5. The Hall–Kier alpha value is 0.170. The monoisotopic (exact) mass is 342 g/mol. The summed E-state index contributed by atoms with van der Waals surface area (Å²) < 4.78 is 0. The summed E-state index contributed by atoms with van der Waals surface area (Å²) in [6.07, 6.45) is 25.3. The Balaban J connectivity index is 4.35. The normalized spacial score (nSPS) is 13.7. The molecule has 0 radical (unpaired) electrons. The van der Waals surface area contributed by atoms with Gasteiger partial charge in [0, 0.05) is 0 Å². The molecule has 0 saturated carbocycles. The Morgan fingerprint density at radius 3 is 1.43 bits per heavy atom. The van der Waals surface area contributed by atoms with Gasteiger partial charge in [-0.25, -0.2) is 0 Å². The molecule has 0 unspecified atom stereocenters. The van der Waals surface area contributed by atoms with Gasteiger partial charge in [-0.2, -0.15) is 0 Å². The fourth-order valence-corrected chi connectivity index (χ4v) is 9.90. The van der Waals surface area contributed by atoms with Crippen molar-refractivity contribution in [1.29, 1.82) is 0 Å². The van der Waals surface area contributed by atoms with Crippen LogP contribution in [0.2, 0.25) is 0 Å². The molecule has 0 aromatic rings. The molecule has 0 aromatic carbocycles. The average Bonchev–Trinajstić information content (AvgIpc) is 2.54. The van der Waals surface area contributed by atoms with Crippen molar-refractivity contribution in [1.82, 2.24) is 0 Å². The van der Waals surface area contributed by atoms with Gasteiger partial charge in [0.05, 0.1) is 0 Å². The van der Waals surface area contributed by atoms with Crippen LogP contribution in [0.5, 0.6) is 0 Å². The van der Waals surface area contributed by atoms with E-state index in [1.54, 1.807) is 0 Å². The first-order valence-corrected chi connectivity index (χ1v) is 14.1.